The lowest BCUT2D eigenvalue weighted by atomic mass is 9.75. The Bertz CT molecular complexity index is 1060. The van der Waals surface area contributed by atoms with Gasteiger partial charge in [-0.25, -0.2) is 9.18 Å². The zero-order valence-electron chi connectivity index (χ0n) is 17.7. The number of nitrogens with zero attached hydrogens (tertiary/aromatic N) is 1. The van der Waals surface area contributed by atoms with Gasteiger partial charge in [0, 0.05) is 17.3 Å². The number of aliphatic imine (C=N–C) groups is 1. The highest BCUT2D eigenvalue weighted by molar-refractivity contribution is 6.07. The summed E-state index contributed by atoms with van der Waals surface area (Å²) < 4.78 is 25.1. The van der Waals surface area contributed by atoms with Crippen LogP contribution in [-0.2, 0) is 19.1 Å². The topological polar surface area (TPSA) is 65.0 Å². The van der Waals surface area contributed by atoms with Gasteiger partial charge >= 0.3 is 11.9 Å². The maximum atomic E-state index is 14.7. The van der Waals surface area contributed by atoms with Gasteiger partial charge in [0.2, 0.25) is 0 Å². The fraction of sp³-hybridized carbons (Fsp3) is 0.240. The van der Waals surface area contributed by atoms with Crippen LogP contribution in [-0.4, -0.2) is 31.4 Å². The van der Waals surface area contributed by atoms with Crippen LogP contribution >= 0.6 is 0 Å². The van der Waals surface area contributed by atoms with Gasteiger partial charge in [-0.05, 0) is 37.1 Å². The number of hydrogen-bond acceptors (Lipinski definition) is 5. The molecule has 0 bridgehead atoms. The van der Waals surface area contributed by atoms with E-state index in [0.29, 0.717) is 11.4 Å². The predicted molar refractivity (Wildman–Crippen MR) is 117 cm³/mol. The third kappa shape index (κ3) is 4.97. The molecule has 1 aliphatic heterocycles. The lowest BCUT2D eigenvalue weighted by molar-refractivity contribution is -0.143. The minimum absolute atomic E-state index is 0.0279. The van der Waals surface area contributed by atoms with Gasteiger partial charge < -0.3 is 9.47 Å². The highest BCUT2D eigenvalue weighted by atomic mass is 19.1. The summed E-state index contributed by atoms with van der Waals surface area (Å²) in [4.78, 5) is 29.9. The Morgan fingerprint density at radius 1 is 1.06 bits per heavy atom. The fourth-order valence-electron chi connectivity index (χ4n) is 3.75. The van der Waals surface area contributed by atoms with Crippen LogP contribution in [0, 0.1) is 11.7 Å². The van der Waals surface area contributed by atoms with Crippen molar-refractivity contribution in [3.8, 4) is 0 Å². The van der Waals surface area contributed by atoms with Crippen molar-refractivity contribution in [2.75, 3.05) is 13.7 Å². The number of hydrogen-bond donors (Lipinski definition) is 0. The van der Waals surface area contributed by atoms with E-state index in [-0.39, 0.29) is 17.7 Å². The summed E-state index contributed by atoms with van der Waals surface area (Å²) in [5.41, 5.74) is 2.19. The molecule has 0 fully saturated rings. The quantitative estimate of drug-likeness (QED) is 0.634. The molecule has 2 atom stereocenters. The third-order valence-electron chi connectivity index (χ3n) is 5.16. The van der Waals surface area contributed by atoms with E-state index in [1.165, 1.54) is 13.2 Å². The molecule has 0 saturated carbocycles. The number of halogens is 1. The maximum Gasteiger partial charge on any atom is 0.336 e. The molecule has 0 N–H and O–H groups in total. The third-order valence-corrected chi connectivity index (χ3v) is 5.16. The van der Waals surface area contributed by atoms with Gasteiger partial charge in [-0.3, -0.25) is 9.79 Å². The zero-order valence-corrected chi connectivity index (χ0v) is 17.7. The molecule has 5 nitrogen and oxygen atoms in total. The van der Waals surface area contributed by atoms with E-state index in [4.69, 9.17) is 9.47 Å². The highest BCUT2D eigenvalue weighted by Crippen LogP contribution is 2.40. The number of ether oxygens (including phenoxy) is 2. The van der Waals surface area contributed by atoms with E-state index in [0.717, 1.165) is 5.56 Å². The molecule has 2 aromatic rings. The smallest absolute Gasteiger partial charge is 0.336 e. The van der Waals surface area contributed by atoms with Crippen molar-refractivity contribution in [1.82, 2.24) is 0 Å². The van der Waals surface area contributed by atoms with E-state index >= 15 is 0 Å². The molecule has 0 radical (unpaired) electrons. The lowest BCUT2D eigenvalue weighted by Gasteiger charge is -2.31. The van der Waals surface area contributed by atoms with Crippen molar-refractivity contribution in [3.63, 3.8) is 0 Å². The number of rotatable bonds is 6. The Morgan fingerprint density at radius 2 is 1.74 bits per heavy atom. The van der Waals surface area contributed by atoms with E-state index in [1.54, 1.807) is 38.1 Å². The van der Waals surface area contributed by atoms with Gasteiger partial charge in [-0.1, -0.05) is 54.6 Å². The highest BCUT2D eigenvalue weighted by Gasteiger charge is 2.43. The van der Waals surface area contributed by atoms with E-state index in [9.17, 15) is 14.0 Å². The van der Waals surface area contributed by atoms with Crippen LogP contribution in [0.4, 0.5) is 4.39 Å². The van der Waals surface area contributed by atoms with Gasteiger partial charge in [0.05, 0.1) is 12.7 Å². The molecule has 31 heavy (non-hydrogen) atoms. The molecule has 3 rings (SSSR count). The molecule has 6 heteroatoms. The number of benzene rings is 2. The van der Waals surface area contributed by atoms with E-state index in [2.05, 4.69) is 4.99 Å². The Labute approximate surface area is 180 Å². The van der Waals surface area contributed by atoms with Crippen molar-refractivity contribution >= 4 is 23.7 Å². The van der Waals surface area contributed by atoms with Crippen LogP contribution < -0.4 is 0 Å². The first-order valence-electron chi connectivity index (χ1n) is 9.91. The summed E-state index contributed by atoms with van der Waals surface area (Å²) >= 11 is 0. The molecule has 1 aliphatic rings. The Hall–Kier alpha value is -3.54. The minimum Gasteiger partial charge on any atom is -0.468 e. The lowest BCUT2D eigenvalue weighted by Crippen LogP contribution is -2.36. The van der Waals surface area contributed by atoms with Crippen LogP contribution in [0.25, 0.3) is 6.08 Å². The van der Waals surface area contributed by atoms with Crippen molar-refractivity contribution in [1.29, 1.82) is 0 Å². The summed E-state index contributed by atoms with van der Waals surface area (Å²) in [5.74, 6) is -3.56. The summed E-state index contributed by atoms with van der Waals surface area (Å²) in [5, 5.41) is 0. The van der Waals surface area contributed by atoms with Crippen LogP contribution in [0.2, 0.25) is 0 Å². The molecule has 0 aliphatic carbocycles. The minimum atomic E-state index is -0.923. The summed E-state index contributed by atoms with van der Waals surface area (Å²) in [6, 6.07) is 15.7. The normalized spacial score (nSPS) is 18.6. The van der Waals surface area contributed by atoms with Gasteiger partial charge in [0.15, 0.2) is 0 Å². The second-order valence-corrected chi connectivity index (χ2v) is 7.16. The molecule has 0 saturated heterocycles. The number of esters is 2. The largest absolute Gasteiger partial charge is 0.468 e. The Kier molecular flexibility index (Phi) is 7.13. The monoisotopic (exact) mass is 421 g/mol. The summed E-state index contributed by atoms with van der Waals surface area (Å²) in [6.07, 6.45) is 3.56. The first-order valence-corrected chi connectivity index (χ1v) is 9.91. The molecule has 160 valence electrons. The van der Waals surface area contributed by atoms with Crippen molar-refractivity contribution in [2.24, 2.45) is 10.9 Å². The molecule has 0 aromatic heterocycles. The number of carbonyl (C=O) groups excluding carboxylic acids is 2. The van der Waals surface area contributed by atoms with Crippen LogP contribution in [0.3, 0.4) is 0 Å². The SMILES string of the molecule is COC(=O)C1C(C)=NC(C)=C(C(=O)OCC=Cc2ccccc2)C1c1ccccc1F. The average molecular weight is 421 g/mol. The molecule has 0 amide bonds. The second kappa shape index (κ2) is 9.98. The van der Waals surface area contributed by atoms with Crippen molar-refractivity contribution < 1.29 is 23.5 Å². The zero-order chi connectivity index (χ0) is 22.4. The summed E-state index contributed by atoms with van der Waals surface area (Å²) in [7, 11) is 1.26. The number of carbonyl (C=O) groups is 2. The van der Waals surface area contributed by atoms with Gasteiger partial charge in [0.25, 0.3) is 0 Å². The van der Waals surface area contributed by atoms with E-state index in [1.807, 2.05) is 36.4 Å². The van der Waals surface area contributed by atoms with Crippen LogP contribution in [0.5, 0.6) is 0 Å². The van der Waals surface area contributed by atoms with Crippen molar-refractivity contribution in [2.45, 2.75) is 19.8 Å². The standard InChI is InChI=1S/C25H24FNO4/c1-16-21(24(28)30-3)23(19-13-7-8-14-20(19)26)22(17(2)27-16)25(29)31-15-9-12-18-10-5-4-6-11-18/h4-14,21,23H,15H2,1-3H3. The van der Waals surface area contributed by atoms with Gasteiger partial charge in [-0.15, -0.1) is 0 Å². The van der Waals surface area contributed by atoms with Crippen LogP contribution in [0.1, 0.15) is 30.9 Å². The molecule has 2 aromatic carbocycles. The second-order valence-electron chi connectivity index (χ2n) is 7.16. The predicted octanol–water partition coefficient (Wildman–Crippen LogP) is 4.70. The van der Waals surface area contributed by atoms with Gasteiger partial charge in [-0.2, -0.15) is 0 Å². The van der Waals surface area contributed by atoms with Crippen LogP contribution in [0.15, 0.2) is 76.9 Å². The first-order chi connectivity index (χ1) is 14.9. The number of methoxy groups -OCH3 is 1. The average Bonchev–Trinajstić information content (AvgIpc) is 2.76. The molecule has 1 heterocycles. The molecular formula is C25H24FNO4. The van der Waals surface area contributed by atoms with Crippen molar-refractivity contribution in [3.05, 3.63) is 88.9 Å². The Morgan fingerprint density at radius 3 is 2.42 bits per heavy atom. The van der Waals surface area contributed by atoms with Gasteiger partial charge in [0.1, 0.15) is 18.3 Å². The number of allylic oxidation sites excluding steroid dienone is 1. The summed E-state index contributed by atoms with van der Waals surface area (Å²) in [6.45, 7) is 3.35. The fourth-order valence-corrected chi connectivity index (χ4v) is 3.75. The molecular weight excluding hydrogens is 397 g/mol. The first kappa shape index (κ1) is 22.2. The molecule has 2 unspecified atom stereocenters. The van der Waals surface area contributed by atoms with E-state index < -0.39 is 29.6 Å². The Balaban J connectivity index is 1.91. The molecule has 0 spiro atoms. The maximum absolute atomic E-state index is 14.7.